The molecular formula is C17H17N5O2S. The Morgan fingerprint density at radius 2 is 2.00 bits per heavy atom. The Labute approximate surface area is 149 Å². The summed E-state index contributed by atoms with van der Waals surface area (Å²) in [5, 5.41) is 24.6. The van der Waals surface area contributed by atoms with Gasteiger partial charge in [-0.2, -0.15) is 4.68 Å². The number of amides is 1. The topological polar surface area (TPSA) is 92.9 Å². The summed E-state index contributed by atoms with van der Waals surface area (Å²) in [6.45, 7) is 4.02. The van der Waals surface area contributed by atoms with Crippen LogP contribution in [0.2, 0.25) is 0 Å². The van der Waals surface area contributed by atoms with Crippen molar-refractivity contribution in [2.24, 2.45) is 0 Å². The van der Waals surface area contributed by atoms with Gasteiger partial charge in [-0.3, -0.25) is 4.79 Å². The van der Waals surface area contributed by atoms with Crippen LogP contribution in [-0.2, 0) is 4.79 Å². The van der Waals surface area contributed by atoms with Gasteiger partial charge in [0.2, 0.25) is 11.1 Å². The van der Waals surface area contributed by atoms with Crippen LogP contribution in [0.15, 0.2) is 47.6 Å². The van der Waals surface area contributed by atoms with Gasteiger partial charge in [0.1, 0.15) is 11.4 Å². The maximum Gasteiger partial charge on any atom is 0.234 e. The predicted octanol–water partition coefficient (Wildman–Crippen LogP) is 2.72. The van der Waals surface area contributed by atoms with Crippen LogP contribution in [0.3, 0.4) is 0 Å². The van der Waals surface area contributed by atoms with Crippen molar-refractivity contribution in [3.8, 4) is 11.4 Å². The van der Waals surface area contributed by atoms with Crippen LogP contribution >= 0.6 is 11.8 Å². The van der Waals surface area contributed by atoms with Crippen LogP contribution in [0.4, 0.5) is 5.69 Å². The van der Waals surface area contributed by atoms with Crippen molar-refractivity contribution >= 4 is 23.4 Å². The average Bonchev–Trinajstić information content (AvgIpc) is 3.05. The summed E-state index contributed by atoms with van der Waals surface area (Å²) in [6.07, 6.45) is 0. The second kappa shape index (κ2) is 7.35. The number of phenolic OH excluding ortho intramolecular Hbond substituents is 1. The molecule has 0 bridgehead atoms. The molecule has 0 aliphatic rings. The van der Waals surface area contributed by atoms with Crippen LogP contribution < -0.4 is 5.32 Å². The number of tetrazole rings is 1. The van der Waals surface area contributed by atoms with E-state index in [0.717, 1.165) is 11.3 Å². The summed E-state index contributed by atoms with van der Waals surface area (Å²) in [7, 11) is 0. The third-order valence-electron chi connectivity index (χ3n) is 3.67. The van der Waals surface area contributed by atoms with Crippen LogP contribution in [0.5, 0.6) is 5.75 Å². The molecule has 0 spiro atoms. The molecule has 3 aromatic rings. The first-order valence-electron chi connectivity index (χ1n) is 7.61. The number of hydrogen-bond acceptors (Lipinski definition) is 6. The molecule has 2 aromatic carbocycles. The molecule has 7 nitrogen and oxygen atoms in total. The van der Waals surface area contributed by atoms with E-state index in [1.807, 2.05) is 32.0 Å². The Morgan fingerprint density at radius 1 is 1.20 bits per heavy atom. The van der Waals surface area contributed by atoms with Gasteiger partial charge >= 0.3 is 0 Å². The van der Waals surface area contributed by atoms with E-state index in [2.05, 4.69) is 20.8 Å². The standard InChI is InChI=1S/C17H17N5O2S/c1-11-7-8-13(9-12(11)2)18-16(24)10-25-17-19-20-21-22(17)14-5-3-4-6-15(14)23/h3-9,23H,10H2,1-2H3,(H,18,24). The predicted molar refractivity (Wildman–Crippen MR) is 96.1 cm³/mol. The fraction of sp³-hybridized carbons (Fsp3) is 0.176. The fourth-order valence-corrected chi connectivity index (χ4v) is 2.89. The largest absolute Gasteiger partial charge is 0.506 e. The highest BCUT2D eigenvalue weighted by Crippen LogP contribution is 2.24. The Morgan fingerprint density at radius 3 is 2.76 bits per heavy atom. The van der Waals surface area contributed by atoms with E-state index in [-0.39, 0.29) is 17.4 Å². The summed E-state index contributed by atoms with van der Waals surface area (Å²) in [5.74, 6) is 0.0669. The minimum absolute atomic E-state index is 0.0660. The third kappa shape index (κ3) is 3.97. The van der Waals surface area contributed by atoms with Gasteiger partial charge in [-0.15, -0.1) is 5.10 Å². The van der Waals surface area contributed by atoms with Crippen molar-refractivity contribution < 1.29 is 9.90 Å². The molecule has 0 saturated heterocycles. The molecule has 128 valence electrons. The lowest BCUT2D eigenvalue weighted by Gasteiger charge is -2.08. The van der Waals surface area contributed by atoms with Gasteiger partial charge in [0.05, 0.1) is 5.75 Å². The van der Waals surface area contributed by atoms with Gasteiger partial charge in [0.15, 0.2) is 0 Å². The zero-order valence-corrected chi connectivity index (χ0v) is 14.6. The fourth-order valence-electron chi connectivity index (χ4n) is 2.21. The van der Waals surface area contributed by atoms with E-state index in [0.29, 0.717) is 10.8 Å². The summed E-state index contributed by atoms with van der Waals surface area (Å²) in [4.78, 5) is 12.2. The number of para-hydroxylation sites is 2. The lowest BCUT2D eigenvalue weighted by atomic mass is 10.1. The van der Waals surface area contributed by atoms with Crippen molar-refractivity contribution in [2.45, 2.75) is 19.0 Å². The molecule has 0 unspecified atom stereocenters. The zero-order valence-electron chi connectivity index (χ0n) is 13.8. The first-order chi connectivity index (χ1) is 12.0. The molecule has 8 heteroatoms. The lowest BCUT2D eigenvalue weighted by Crippen LogP contribution is -2.14. The van der Waals surface area contributed by atoms with Gasteiger partial charge < -0.3 is 10.4 Å². The molecular weight excluding hydrogens is 338 g/mol. The maximum absolute atomic E-state index is 12.2. The third-order valence-corrected chi connectivity index (χ3v) is 4.59. The number of nitrogens with one attached hydrogen (secondary N) is 1. The molecule has 0 saturated carbocycles. The maximum atomic E-state index is 12.2. The number of benzene rings is 2. The number of carbonyl (C=O) groups excluding carboxylic acids is 1. The van der Waals surface area contributed by atoms with Crippen LogP contribution in [0.1, 0.15) is 11.1 Å². The molecule has 0 fully saturated rings. The number of carbonyl (C=O) groups is 1. The Hall–Kier alpha value is -2.87. The molecule has 0 atom stereocenters. The van der Waals surface area contributed by atoms with E-state index in [1.165, 1.54) is 22.0 Å². The summed E-state index contributed by atoms with van der Waals surface area (Å²) in [6, 6.07) is 12.5. The van der Waals surface area contributed by atoms with Gasteiger partial charge in [-0.05, 0) is 59.7 Å². The van der Waals surface area contributed by atoms with Crippen LogP contribution in [0.25, 0.3) is 5.69 Å². The van der Waals surface area contributed by atoms with E-state index in [1.54, 1.807) is 24.3 Å². The second-order valence-electron chi connectivity index (χ2n) is 5.50. The Balaban J connectivity index is 1.66. The minimum Gasteiger partial charge on any atom is -0.506 e. The lowest BCUT2D eigenvalue weighted by molar-refractivity contribution is -0.113. The van der Waals surface area contributed by atoms with Gasteiger partial charge in [-0.1, -0.05) is 30.0 Å². The number of thioether (sulfide) groups is 1. The van der Waals surface area contributed by atoms with Crippen molar-refractivity contribution in [1.82, 2.24) is 20.2 Å². The molecule has 1 heterocycles. The summed E-state index contributed by atoms with van der Waals surface area (Å²) < 4.78 is 1.41. The zero-order chi connectivity index (χ0) is 17.8. The van der Waals surface area contributed by atoms with E-state index < -0.39 is 0 Å². The number of phenols is 1. The van der Waals surface area contributed by atoms with Gasteiger partial charge in [0, 0.05) is 5.69 Å². The highest BCUT2D eigenvalue weighted by molar-refractivity contribution is 7.99. The number of aromatic nitrogens is 4. The van der Waals surface area contributed by atoms with E-state index in [9.17, 15) is 9.90 Å². The van der Waals surface area contributed by atoms with Crippen LogP contribution in [0, 0.1) is 13.8 Å². The molecule has 25 heavy (non-hydrogen) atoms. The second-order valence-corrected chi connectivity index (χ2v) is 6.44. The number of hydrogen-bond donors (Lipinski definition) is 2. The van der Waals surface area contributed by atoms with E-state index in [4.69, 9.17) is 0 Å². The van der Waals surface area contributed by atoms with Crippen LogP contribution in [-0.4, -0.2) is 37.0 Å². The van der Waals surface area contributed by atoms with Crippen molar-refractivity contribution in [2.75, 3.05) is 11.1 Å². The normalized spacial score (nSPS) is 10.6. The molecule has 0 aliphatic carbocycles. The Kier molecular flexibility index (Phi) is 4.99. The molecule has 0 radical (unpaired) electrons. The molecule has 2 N–H and O–H groups in total. The Bertz CT molecular complexity index is 910. The van der Waals surface area contributed by atoms with Crippen molar-refractivity contribution in [3.05, 3.63) is 53.6 Å². The monoisotopic (exact) mass is 355 g/mol. The number of aryl methyl sites for hydroxylation is 2. The van der Waals surface area contributed by atoms with Crippen molar-refractivity contribution in [1.29, 1.82) is 0 Å². The molecule has 1 amide bonds. The highest BCUT2D eigenvalue weighted by atomic mass is 32.2. The number of nitrogens with zero attached hydrogens (tertiary/aromatic N) is 4. The van der Waals surface area contributed by atoms with Gasteiger partial charge in [-0.25, -0.2) is 0 Å². The molecule has 0 aliphatic heterocycles. The SMILES string of the molecule is Cc1ccc(NC(=O)CSc2nnnn2-c2ccccc2O)cc1C. The highest BCUT2D eigenvalue weighted by Gasteiger charge is 2.14. The van der Waals surface area contributed by atoms with Crippen molar-refractivity contribution in [3.63, 3.8) is 0 Å². The van der Waals surface area contributed by atoms with E-state index >= 15 is 0 Å². The molecule has 1 aromatic heterocycles. The average molecular weight is 355 g/mol. The minimum atomic E-state index is -0.153. The summed E-state index contributed by atoms with van der Waals surface area (Å²) in [5.41, 5.74) is 3.52. The number of anilines is 1. The number of aromatic hydroxyl groups is 1. The quantitative estimate of drug-likeness (QED) is 0.684. The van der Waals surface area contributed by atoms with Gasteiger partial charge in [0.25, 0.3) is 0 Å². The first kappa shape index (κ1) is 17.0. The molecule has 3 rings (SSSR count). The summed E-state index contributed by atoms with van der Waals surface area (Å²) >= 11 is 1.20. The smallest absolute Gasteiger partial charge is 0.234 e. The first-order valence-corrected chi connectivity index (χ1v) is 8.60. The number of rotatable bonds is 5.